The van der Waals surface area contributed by atoms with Gasteiger partial charge < -0.3 is 0 Å². The molecule has 0 N–H and O–H groups in total. The Morgan fingerprint density at radius 3 is 2.37 bits per heavy atom. The largest absolute Gasteiger partial charge is 0.261 e. The van der Waals surface area contributed by atoms with Gasteiger partial charge in [0.1, 0.15) is 7.05 Å². The van der Waals surface area contributed by atoms with Crippen molar-refractivity contribution >= 4 is 10.9 Å². The van der Waals surface area contributed by atoms with Crippen LogP contribution in [0, 0.1) is 26.7 Å². The standard InChI is InChI=1S/C28H31N2/c1-18(2)13-23-12-11-22(17-29-23)26-16-28(25-15-19(3)14-20(4)21(25)5)30(6)27-10-8-7-9-24(26)27/h7-12,14-18H,13H2,1-6H3/q+1. The van der Waals surface area contributed by atoms with Gasteiger partial charge in [0.05, 0.1) is 5.39 Å². The molecule has 4 rings (SSSR count). The fourth-order valence-corrected chi connectivity index (χ4v) is 4.36. The van der Waals surface area contributed by atoms with E-state index in [-0.39, 0.29) is 0 Å². The van der Waals surface area contributed by atoms with Crippen LogP contribution in [0.3, 0.4) is 0 Å². The molecule has 0 aliphatic carbocycles. The monoisotopic (exact) mass is 395 g/mol. The van der Waals surface area contributed by atoms with E-state index in [9.17, 15) is 0 Å². The summed E-state index contributed by atoms with van der Waals surface area (Å²) in [6.45, 7) is 11.1. The van der Waals surface area contributed by atoms with Gasteiger partial charge in [-0.25, -0.2) is 0 Å². The molecule has 0 saturated carbocycles. The number of aromatic nitrogens is 2. The Hall–Kier alpha value is -3.00. The lowest BCUT2D eigenvalue weighted by molar-refractivity contribution is -0.633. The Bertz CT molecular complexity index is 1220. The smallest absolute Gasteiger partial charge is 0.213 e. The lowest BCUT2D eigenvalue weighted by atomic mass is 9.94. The van der Waals surface area contributed by atoms with Crippen LogP contribution in [0.5, 0.6) is 0 Å². The van der Waals surface area contributed by atoms with Crippen molar-refractivity contribution in [1.29, 1.82) is 0 Å². The molecule has 0 unspecified atom stereocenters. The lowest BCUT2D eigenvalue weighted by Gasteiger charge is -2.13. The van der Waals surface area contributed by atoms with Crippen LogP contribution in [-0.4, -0.2) is 4.98 Å². The SMILES string of the molecule is Cc1cc(C)c(C)c(-c2cc(-c3ccc(CC(C)C)nc3)c3ccccc3[n+]2C)c1. The van der Waals surface area contributed by atoms with E-state index in [0.29, 0.717) is 5.92 Å². The molecule has 0 atom stereocenters. The highest BCUT2D eigenvalue weighted by Gasteiger charge is 2.21. The van der Waals surface area contributed by atoms with Crippen LogP contribution in [0.2, 0.25) is 0 Å². The number of hydrogen-bond donors (Lipinski definition) is 0. The number of hydrogen-bond acceptors (Lipinski definition) is 1. The minimum atomic E-state index is 0.610. The second-order valence-corrected chi connectivity index (χ2v) is 8.91. The van der Waals surface area contributed by atoms with E-state index in [1.165, 1.54) is 50.0 Å². The van der Waals surface area contributed by atoms with Gasteiger partial charge in [-0.3, -0.25) is 4.98 Å². The number of benzene rings is 2. The topological polar surface area (TPSA) is 16.8 Å². The van der Waals surface area contributed by atoms with Gasteiger partial charge in [0.25, 0.3) is 0 Å². The zero-order valence-electron chi connectivity index (χ0n) is 19.0. The summed E-state index contributed by atoms with van der Waals surface area (Å²) in [6.07, 6.45) is 3.05. The molecule has 0 aliphatic heterocycles. The van der Waals surface area contributed by atoms with E-state index < -0.39 is 0 Å². The summed E-state index contributed by atoms with van der Waals surface area (Å²) >= 11 is 0. The van der Waals surface area contributed by atoms with Crippen LogP contribution in [0.25, 0.3) is 33.3 Å². The summed E-state index contributed by atoms with van der Waals surface area (Å²) in [5.74, 6) is 0.610. The molecular formula is C28H31N2+. The fraction of sp³-hybridized carbons (Fsp3) is 0.286. The summed E-state index contributed by atoms with van der Waals surface area (Å²) in [5.41, 5.74) is 11.3. The molecule has 30 heavy (non-hydrogen) atoms. The Labute approximate surface area is 180 Å². The van der Waals surface area contributed by atoms with E-state index in [4.69, 9.17) is 4.98 Å². The maximum absolute atomic E-state index is 4.77. The predicted molar refractivity (Wildman–Crippen MR) is 127 cm³/mol. The summed E-state index contributed by atoms with van der Waals surface area (Å²) in [4.78, 5) is 4.77. The van der Waals surface area contributed by atoms with Crippen molar-refractivity contribution in [2.24, 2.45) is 13.0 Å². The van der Waals surface area contributed by atoms with Crippen molar-refractivity contribution in [2.75, 3.05) is 0 Å². The lowest BCUT2D eigenvalue weighted by Crippen LogP contribution is -2.32. The first kappa shape index (κ1) is 20.3. The van der Waals surface area contributed by atoms with E-state index in [2.05, 4.69) is 101 Å². The molecule has 4 aromatic rings. The van der Waals surface area contributed by atoms with E-state index >= 15 is 0 Å². The Morgan fingerprint density at radius 1 is 0.900 bits per heavy atom. The number of fused-ring (bicyclic) bond motifs is 1. The molecule has 2 aromatic heterocycles. The second-order valence-electron chi connectivity index (χ2n) is 8.91. The minimum Gasteiger partial charge on any atom is -0.261 e. The van der Waals surface area contributed by atoms with Crippen LogP contribution in [0.1, 0.15) is 36.2 Å². The molecule has 2 aromatic carbocycles. The summed E-state index contributed by atoms with van der Waals surface area (Å²) in [5, 5.41) is 1.25. The number of aryl methyl sites for hydroxylation is 3. The maximum atomic E-state index is 4.77. The molecule has 0 bridgehead atoms. The third-order valence-electron chi connectivity index (χ3n) is 6.04. The minimum absolute atomic E-state index is 0.610. The first-order valence-corrected chi connectivity index (χ1v) is 10.8. The van der Waals surface area contributed by atoms with Gasteiger partial charge in [-0.1, -0.05) is 43.7 Å². The molecule has 0 spiro atoms. The van der Waals surface area contributed by atoms with Gasteiger partial charge in [-0.05, 0) is 62.4 Å². The van der Waals surface area contributed by atoms with Crippen molar-refractivity contribution in [3.63, 3.8) is 0 Å². The molecule has 0 aliphatic rings. The molecule has 0 amide bonds. The normalized spacial score (nSPS) is 11.4. The third-order valence-corrected chi connectivity index (χ3v) is 6.04. The van der Waals surface area contributed by atoms with Gasteiger partial charge in [0.2, 0.25) is 11.2 Å². The van der Waals surface area contributed by atoms with Crippen LogP contribution in [0.4, 0.5) is 0 Å². The van der Waals surface area contributed by atoms with Gasteiger partial charge >= 0.3 is 0 Å². The quantitative estimate of drug-likeness (QED) is 0.360. The summed E-state index contributed by atoms with van der Waals surface area (Å²) in [7, 11) is 2.17. The molecule has 2 heterocycles. The van der Waals surface area contributed by atoms with Gasteiger partial charge in [0.15, 0.2) is 0 Å². The molecule has 0 radical (unpaired) electrons. The van der Waals surface area contributed by atoms with Crippen molar-refractivity contribution in [3.05, 3.63) is 83.2 Å². The highest BCUT2D eigenvalue weighted by atomic mass is 14.9. The van der Waals surface area contributed by atoms with Gasteiger partial charge in [0, 0.05) is 40.7 Å². The van der Waals surface area contributed by atoms with Crippen LogP contribution < -0.4 is 4.57 Å². The third kappa shape index (κ3) is 3.75. The zero-order chi connectivity index (χ0) is 21.4. The van der Waals surface area contributed by atoms with E-state index in [1.807, 2.05) is 6.20 Å². The van der Waals surface area contributed by atoms with Crippen LogP contribution in [-0.2, 0) is 13.5 Å². The van der Waals surface area contributed by atoms with Crippen molar-refractivity contribution in [1.82, 2.24) is 4.98 Å². The Balaban J connectivity index is 1.96. The highest BCUT2D eigenvalue weighted by Crippen LogP contribution is 2.33. The molecule has 0 fully saturated rings. The number of nitrogens with zero attached hydrogens (tertiary/aromatic N) is 2. The zero-order valence-corrected chi connectivity index (χ0v) is 19.0. The molecular weight excluding hydrogens is 364 g/mol. The van der Waals surface area contributed by atoms with E-state index in [1.54, 1.807) is 0 Å². The second kappa shape index (κ2) is 8.02. The van der Waals surface area contributed by atoms with E-state index in [0.717, 1.165) is 12.1 Å². The maximum Gasteiger partial charge on any atom is 0.213 e. The molecule has 2 nitrogen and oxygen atoms in total. The number of pyridine rings is 2. The summed E-state index contributed by atoms with van der Waals surface area (Å²) < 4.78 is 2.32. The van der Waals surface area contributed by atoms with Crippen molar-refractivity contribution in [3.8, 4) is 22.4 Å². The van der Waals surface area contributed by atoms with Crippen LogP contribution in [0.15, 0.2) is 60.8 Å². The molecule has 0 saturated heterocycles. The first-order valence-electron chi connectivity index (χ1n) is 10.8. The predicted octanol–water partition coefficient (Wildman–Crippen LogP) is 6.52. The van der Waals surface area contributed by atoms with Crippen molar-refractivity contribution < 1.29 is 4.57 Å². The molecule has 2 heteroatoms. The van der Waals surface area contributed by atoms with Gasteiger partial charge in [-0.15, -0.1) is 0 Å². The Kier molecular flexibility index (Phi) is 5.42. The average molecular weight is 396 g/mol. The first-order chi connectivity index (χ1) is 14.3. The van der Waals surface area contributed by atoms with Crippen LogP contribution >= 0.6 is 0 Å². The fourth-order valence-electron chi connectivity index (χ4n) is 4.36. The highest BCUT2D eigenvalue weighted by molar-refractivity contribution is 5.94. The Morgan fingerprint density at radius 2 is 1.67 bits per heavy atom. The molecule has 152 valence electrons. The van der Waals surface area contributed by atoms with Crippen molar-refractivity contribution in [2.45, 2.75) is 41.0 Å². The number of rotatable bonds is 4. The average Bonchev–Trinajstić information content (AvgIpc) is 2.72. The van der Waals surface area contributed by atoms with Gasteiger partial charge in [-0.2, -0.15) is 4.57 Å². The summed E-state index contributed by atoms with van der Waals surface area (Å²) in [6, 6.07) is 20.0. The number of para-hydroxylation sites is 1.